The number of carboxylic acid groups (broad SMARTS) is 1. The number of carbonyl (C=O) groups excluding carboxylic acids is 4. The van der Waals surface area contributed by atoms with E-state index in [0.717, 1.165) is 39.4 Å². The fourth-order valence-corrected chi connectivity index (χ4v) is 11.0. The first-order chi connectivity index (χ1) is 34.5. The number of nitrogens with zero attached hydrogens (tertiary/aromatic N) is 4. The normalized spacial score (nSPS) is 17.4. The van der Waals surface area contributed by atoms with Crippen LogP contribution in [0.25, 0.3) is 21.8 Å². The summed E-state index contributed by atoms with van der Waals surface area (Å²) in [7, 11) is 0. The summed E-state index contributed by atoms with van der Waals surface area (Å²) in [5.74, 6) is -7.79. The molecule has 0 bridgehead atoms. The fourth-order valence-electron chi connectivity index (χ4n) is 8.47. The molecule has 4 heterocycles. The number of carboxylic acids is 1. The number of likely N-dealkylation sites (tertiary alicyclic amines) is 2. The number of amides is 2. The number of rotatable bonds is 11. The van der Waals surface area contributed by atoms with E-state index in [4.69, 9.17) is 27.9 Å². The zero-order valence-corrected chi connectivity index (χ0v) is 48.2. The minimum absolute atomic E-state index is 0. The van der Waals surface area contributed by atoms with Gasteiger partial charge in [0.2, 0.25) is 11.8 Å². The zero-order valence-electron chi connectivity index (χ0n) is 41.1. The number of aromatic nitrogens is 2. The van der Waals surface area contributed by atoms with Crippen molar-refractivity contribution in [3.63, 3.8) is 0 Å². The Bertz CT molecular complexity index is 3260. The molecule has 2 fully saturated rings. The number of halogens is 12. The molecule has 0 spiro atoms. The van der Waals surface area contributed by atoms with Crippen LogP contribution in [0, 0.1) is 37.1 Å². The average molecular weight is 1190 g/mol. The first-order valence-electron chi connectivity index (χ1n) is 21.9. The number of hydrogen-bond donors (Lipinski definition) is 2. The van der Waals surface area contributed by atoms with Crippen LogP contribution in [0.5, 0.6) is 0 Å². The van der Waals surface area contributed by atoms with Gasteiger partial charge in [-0.2, -0.15) is 26.3 Å². The predicted molar refractivity (Wildman–Crippen MR) is 251 cm³/mol. The molecule has 4 aromatic carbocycles. The molecule has 0 aliphatic carbocycles. The molecule has 2 aromatic heterocycles. The van der Waals surface area contributed by atoms with Gasteiger partial charge in [-0.1, -0.05) is 64.9 Å². The number of benzene rings is 4. The number of esters is 1. The van der Waals surface area contributed by atoms with Crippen molar-refractivity contribution in [3.8, 4) is 0 Å². The number of aliphatic hydroxyl groups is 2. The minimum atomic E-state index is -4.92. The van der Waals surface area contributed by atoms with E-state index >= 15 is 13.2 Å². The molecule has 13 nitrogen and oxygen atoms in total. The Morgan fingerprint density at radius 1 is 0.649 bits per heavy atom. The number of fused-ring (bicyclic) bond motifs is 2. The first-order valence-corrected chi connectivity index (χ1v) is 24.3. The van der Waals surface area contributed by atoms with Crippen molar-refractivity contribution in [2.45, 2.75) is 89.8 Å². The maximum atomic E-state index is 15.2. The number of carbonyl (C=O) groups is 4. The Hall–Kier alpha value is -3.70. The molecule has 0 saturated carbocycles. The summed E-state index contributed by atoms with van der Waals surface area (Å²) in [5.41, 5.74) is -6.62. The first kappa shape index (κ1) is 65.8. The van der Waals surface area contributed by atoms with Crippen LogP contribution in [0.15, 0.2) is 80.2 Å². The molecule has 3 N–H and O–H groups in total. The Morgan fingerprint density at radius 2 is 1.03 bits per heavy atom. The van der Waals surface area contributed by atoms with Crippen LogP contribution >= 0.6 is 46.7 Å². The molecule has 2 aliphatic heterocycles. The molecule has 2 saturated heterocycles. The summed E-state index contributed by atoms with van der Waals surface area (Å²) < 4.78 is 147. The van der Waals surface area contributed by atoms with Crippen molar-refractivity contribution in [3.05, 3.63) is 116 Å². The van der Waals surface area contributed by atoms with E-state index in [1.54, 1.807) is 13.8 Å². The van der Waals surface area contributed by atoms with E-state index in [1.807, 2.05) is 0 Å². The van der Waals surface area contributed by atoms with Gasteiger partial charge in [0.1, 0.15) is 18.9 Å². The summed E-state index contributed by atoms with van der Waals surface area (Å²) >= 11 is 13.6. The molecule has 2 amide bonds. The molecule has 29 heteroatoms. The number of aromatic carboxylic acids is 1. The summed E-state index contributed by atoms with van der Waals surface area (Å²) in [6.07, 6.45) is -11.2. The van der Waals surface area contributed by atoms with Gasteiger partial charge in [0.15, 0.2) is 28.7 Å². The number of β-amino-alcohol motifs (C(OH)–C–C–N with tert-alkyl or cyclic N) is 2. The quantitative estimate of drug-likeness (QED) is 0.110. The van der Waals surface area contributed by atoms with Gasteiger partial charge in [0.05, 0.1) is 52.3 Å². The van der Waals surface area contributed by atoms with Gasteiger partial charge in [-0.15, -0.1) is 0 Å². The van der Waals surface area contributed by atoms with Gasteiger partial charge in [-0.05, 0) is 63.2 Å². The van der Waals surface area contributed by atoms with Crippen molar-refractivity contribution in [2.75, 3.05) is 32.8 Å². The van der Waals surface area contributed by atoms with Crippen LogP contribution in [-0.4, -0.2) is 115 Å². The largest absolute Gasteiger partial charge is 1.00 e. The maximum absolute atomic E-state index is 15.2. The van der Waals surface area contributed by atoms with Crippen LogP contribution in [0.1, 0.15) is 51.9 Å². The average Bonchev–Trinajstić information content (AvgIpc) is 4.08. The summed E-state index contributed by atoms with van der Waals surface area (Å²) in [4.78, 5) is 51.5. The molecule has 0 radical (unpaired) electrons. The smallest absolute Gasteiger partial charge is 0.870 e. The topological polar surface area (TPSA) is 187 Å². The maximum Gasteiger partial charge on any atom is 1.00 e. The molecule has 2 unspecified atom stereocenters. The monoisotopic (exact) mass is 1190 g/mol. The van der Waals surface area contributed by atoms with Crippen LogP contribution in [0.3, 0.4) is 0 Å². The molecule has 2 atom stereocenters. The van der Waals surface area contributed by atoms with Crippen molar-refractivity contribution in [2.24, 2.45) is 0 Å². The van der Waals surface area contributed by atoms with Crippen molar-refractivity contribution >= 4 is 92.3 Å². The molecule has 6 aromatic rings. The standard InChI is InChI=1S/C25H22ClF5N2O4S.C23H18ClF5N2O4S.2Na.H2O/c1-3-37-23(35)14-5-4-6-17(19(14)27)38-22-13(2)33(21-15(22)7-8-16(26)20(21)28)11-18(34)32-10-9-24(36,12-32)25(29,30)31;1-11-20(36-15-4-2-3-12(17(15)25)21(33)34)13-5-6-14(24)18(26)19(13)31(11)9-16(32)30-8-7-22(35,10-30)23(27,28)29;;;/h4-8,36H,3,9-12H2,1-2H3;2-6,35H,7-10H2,1H3,(H,33,34);;;1H2/q;;2*+1;/p-2. The molecule has 8 rings (SSSR count). The molecule has 2 aliphatic rings. The van der Waals surface area contributed by atoms with Gasteiger partial charge < -0.3 is 49.3 Å². The van der Waals surface area contributed by atoms with Gasteiger partial charge in [0.25, 0.3) is 0 Å². The fraction of sp³-hybridized carbons (Fsp3) is 0.333. The summed E-state index contributed by atoms with van der Waals surface area (Å²) in [6.45, 7) is 0.987. The van der Waals surface area contributed by atoms with E-state index in [-0.39, 0.29) is 142 Å². The zero-order chi connectivity index (χ0) is 54.6. The van der Waals surface area contributed by atoms with Crippen LogP contribution in [0.4, 0.5) is 43.9 Å². The van der Waals surface area contributed by atoms with Crippen LogP contribution in [0.2, 0.25) is 10.0 Å². The Balaban J connectivity index is 0.000000320. The molecular formula is C48H40Cl2F10N4Na2O9S2. The molecule has 77 heavy (non-hydrogen) atoms. The van der Waals surface area contributed by atoms with E-state index < -0.39 is 115 Å². The van der Waals surface area contributed by atoms with Gasteiger partial charge >= 0.3 is 77.4 Å². The van der Waals surface area contributed by atoms with Gasteiger partial charge in [0, 0.05) is 73.2 Å². The molecular weight excluding hydrogens is 1150 g/mol. The Labute approximate surface area is 494 Å². The predicted octanol–water partition coefficient (Wildman–Crippen LogP) is 3.49. The van der Waals surface area contributed by atoms with Crippen molar-refractivity contribution in [1.29, 1.82) is 0 Å². The Morgan fingerprint density at radius 3 is 1.38 bits per heavy atom. The third-order valence-corrected chi connectivity index (χ3v) is 15.6. The van der Waals surface area contributed by atoms with Crippen LogP contribution < -0.4 is 64.2 Å². The number of alkyl halides is 6. The number of ether oxygens (including phenoxy) is 1. The summed E-state index contributed by atoms with van der Waals surface area (Å²) in [5, 5.41) is 31.0. The summed E-state index contributed by atoms with van der Waals surface area (Å²) in [6, 6.07) is 13.3. The van der Waals surface area contributed by atoms with E-state index in [0.29, 0.717) is 10.6 Å². The third kappa shape index (κ3) is 13.1. The SMILES string of the molecule is CCOC(=O)c1cccc(Sc2c(C)n(CC(=O)N3CCC(O)(C(F)(F)F)C3)c3c(F)c(Cl)ccc23)c1F.Cc1c(Sc2cccc(C(=O)[O-])c2F)c2ccc(Cl)c(F)c2n1CC(=O)N1CCC(O)(C(F)(F)F)C1.[Na+].[Na+].[OH-]. The second kappa shape index (κ2) is 25.4. The van der Waals surface area contributed by atoms with Crippen molar-refractivity contribution < 1.29 is 148 Å². The van der Waals surface area contributed by atoms with Crippen molar-refractivity contribution in [1.82, 2.24) is 18.9 Å². The van der Waals surface area contributed by atoms with E-state index in [2.05, 4.69) is 0 Å². The van der Waals surface area contributed by atoms with Gasteiger partial charge in [-0.3, -0.25) is 9.59 Å². The Kier molecular flexibility index (Phi) is 21.7. The second-order valence-electron chi connectivity index (χ2n) is 17.2. The second-order valence-corrected chi connectivity index (χ2v) is 20.1. The third-order valence-electron chi connectivity index (χ3n) is 12.5. The van der Waals surface area contributed by atoms with Gasteiger partial charge in [-0.25, -0.2) is 22.4 Å². The molecule has 404 valence electrons. The van der Waals surface area contributed by atoms with Crippen LogP contribution in [-0.2, 0) is 27.4 Å². The minimum Gasteiger partial charge on any atom is -0.870 e. The number of hydrogen-bond acceptors (Lipinski definition) is 11. The van der Waals surface area contributed by atoms with E-state index in [1.165, 1.54) is 70.7 Å². The van der Waals surface area contributed by atoms with E-state index in [9.17, 15) is 65.2 Å².